The van der Waals surface area contributed by atoms with Gasteiger partial charge < -0.3 is 4.43 Å². The molecule has 0 aromatic rings. The van der Waals surface area contributed by atoms with Crippen molar-refractivity contribution in [2.24, 2.45) is 0 Å². The van der Waals surface area contributed by atoms with Gasteiger partial charge in [-0.3, -0.25) is 0 Å². The summed E-state index contributed by atoms with van der Waals surface area (Å²) in [4.78, 5) is 0. The molecule has 104 valence electrons. The van der Waals surface area contributed by atoms with E-state index in [-0.39, 0.29) is 6.10 Å². The number of rotatable bonds is 5. The molecule has 0 aliphatic carbocycles. The zero-order valence-electron chi connectivity index (χ0n) is 12.2. The van der Waals surface area contributed by atoms with Crippen molar-refractivity contribution < 1.29 is 4.43 Å². The summed E-state index contributed by atoms with van der Waals surface area (Å²) in [5, 5.41) is 0. The van der Waals surface area contributed by atoms with Gasteiger partial charge in [-0.2, -0.15) is 0 Å². The van der Waals surface area contributed by atoms with Crippen LogP contribution in [0.5, 0.6) is 0 Å². The average Bonchev–Trinajstić information content (AvgIpc) is 2.11. The zero-order chi connectivity index (χ0) is 14.6. The molecule has 0 rings (SSSR count). The topological polar surface area (TPSA) is 9.23 Å². The Morgan fingerprint density at radius 2 is 1.72 bits per heavy atom. The third kappa shape index (κ3) is 8.39. The summed E-state index contributed by atoms with van der Waals surface area (Å²) in [5.74, 6) is 3.25. The Morgan fingerprint density at radius 1 is 1.22 bits per heavy atom. The minimum Gasteiger partial charge on any atom is -0.401 e. The van der Waals surface area contributed by atoms with Gasteiger partial charge in [0.2, 0.25) is 8.32 Å². The molecule has 0 aromatic carbocycles. The molecule has 0 N–H and O–H groups in total. The average molecular weight is 323 g/mol. The molecule has 0 heterocycles. The molecule has 0 fully saturated rings. The summed E-state index contributed by atoms with van der Waals surface area (Å²) in [6, 6.07) is 0. The lowest BCUT2D eigenvalue weighted by Gasteiger charge is -2.28. The molecule has 1 unspecified atom stereocenters. The van der Waals surface area contributed by atoms with Crippen molar-refractivity contribution in [1.82, 2.24) is 0 Å². The molecule has 0 saturated carbocycles. The summed E-state index contributed by atoms with van der Waals surface area (Å²) >= 11 is 12.0. The van der Waals surface area contributed by atoms with Crippen LogP contribution in [0.15, 0.2) is 12.2 Å². The molecule has 18 heavy (non-hydrogen) atoms. The van der Waals surface area contributed by atoms with Crippen LogP contribution in [0, 0.1) is 11.5 Å². The van der Waals surface area contributed by atoms with Crippen molar-refractivity contribution in [1.29, 1.82) is 0 Å². The minimum atomic E-state index is -2.10. The summed E-state index contributed by atoms with van der Waals surface area (Å²) in [5.41, 5.74) is 4.41. The van der Waals surface area contributed by atoms with Crippen LogP contribution in [-0.2, 0) is 4.43 Å². The number of halogens is 2. The Labute approximate surface area is 124 Å². The lowest BCUT2D eigenvalue weighted by Crippen LogP contribution is -2.42. The second kappa shape index (κ2) is 7.16. The molecule has 1 atom stereocenters. The van der Waals surface area contributed by atoms with Gasteiger partial charge in [-0.15, -0.1) is 35.3 Å². The predicted molar refractivity (Wildman–Crippen MR) is 88.4 cm³/mol. The number of alkyl halides is 2. The summed E-state index contributed by atoms with van der Waals surface area (Å²) in [6.07, 6.45) is 0.616. The van der Waals surface area contributed by atoms with Crippen LogP contribution < -0.4 is 0 Å². The first-order valence-electron chi connectivity index (χ1n) is 6.07. The summed E-state index contributed by atoms with van der Waals surface area (Å²) < 4.78 is 5.62. The lowest BCUT2D eigenvalue weighted by molar-refractivity contribution is 0.249. The largest absolute Gasteiger partial charge is 0.401 e. The first-order valence-corrected chi connectivity index (χ1v) is 13.4. The van der Waals surface area contributed by atoms with Crippen molar-refractivity contribution in [2.75, 3.05) is 0 Å². The van der Waals surface area contributed by atoms with Crippen LogP contribution in [0.2, 0.25) is 32.7 Å². The van der Waals surface area contributed by atoms with Crippen LogP contribution in [0.1, 0.15) is 13.3 Å². The highest BCUT2D eigenvalue weighted by molar-refractivity contribution is 6.88. The van der Waals surface area contributed by atoms with Gasteiger partial charge in [-0.05, 0) is 20.0 Å². The Balaban J connectivity index is 4.90. The maximum absolute atomic E-state index is 6.07. The quantitative estimate of drug-likeness (QED) is 0.307. The highest BCUT2D eigenvalue weighted by atomic mass is 35.5. The highest BCUT2D eigenvalue weighted by Crippen LogP contribution is 2.23. The lowest BCUT2D eigenvalue weighted by atomic mass is 10.2. The molecule has 1 nitrogen and oxygen atoms in total. The molecule has 5 heteroatoms. The SMILES string of the molecule is C=C(C)CC(C#C[Si](C)(C)C)O[Si](C)(C)C(Cl)Cl. The van der Waals surface area contributed by atoms with Crippen molar-refractivity contribution in [3.63, 3.8) is 0 Å². The molecule has 0 spiro atoms. The Morgan fingerprint density at radius 3 is 2.06 bits per heavy atom. The van der Waals surface area contributed by atoms with E-state index in [0.717, 1.165) is 12.0 Å². The van der Waals surface area contributed by atoms with Gasteiger partial charge in [0.15, 0.2) is 0 Å². The van der Waals surface area contributed by atoms with Gasteiger partial charge in [-0.25, -0.2) is 0 Å². The van der Waals surface area contributed by atoms with E-state index in [0.29, 0.717) is 0 Å². The number of hydrogen-bond donors (Lipinski definition) is 0. The van der Waals surface area contributed by atoms with Crippen molar-refractivity contribution in [3.8, 4) is 11.5 Å². The third-order valence-corrected chi connectivity index (χ3v) is 8.10. The molecular formula is C13H24Cl2OSi2. The van der Waals surface area contributed by atoms with Crippen molar-refractivity contribution in [3.05, 3.63) is 12.2 Å². The van der Waals surface area contributed by atoms with Gasteiger partial charge in [0.25, 0.3) is 0 Å². The van der Waals surface area contributed by atoms with Crippen LogP contribution >= 0.6 is 23.2 Å². The van der Waals surface area contributed by atoms with Gasteiger partial charge in [-0.1, -0.05) is 31.1 Å². The standard InChI is InChI=1S/C13H24Cl2OSi2/c1-11(2)10-12(8-9-17(3,4)5)16-18(6,7)13(14)15/h12-13H,1,10H2,2-7H3. The first-order chi connectivity index (χ1) is 7.94. The molecule has 0 aliphatic rings. The van der Waals surface area contributed by atoms with Crippen molar-refractivity contribution >= 4 is 39.6 Å². The van der Waals surface area contributed by atoms with E-state index in [4.69, 9.17) is 27.6 Å². The van der Waals surface area contributed by atoms with E-state index in [1.165, 1.54) is 0 Å². The maximum atomic E-state index is 6.07. The normalized spacial score (nSPS) is 14.1. The summed E-state index contributed by atoms with van der Waals surface area (Å²) in [7, 11) is -3.50. The van der Waals surface area contributed by atoms with Crippen molar-refractivity contribution in [2.45, 2.75) is 56.6 Å². The zero-order valence-corrected chi connectivity index (χ0v) is 15.7. The monoisotopic (exact) mass is 322 g/mol. The van der Waals surface area contributed by atoms with Gasteiger partial charge >= 0.3 is 0 Å². The van der Waals surface area contributed by atoms with Crippen LogP contribution in [0.25, 0.3) is 0 Å². The van der Waals surface area contributed by atoms with E-state index >= 15 is 0 Å². The molecule has 0 saturated heterocycles. The molecule has 0 amide bonds. The van der Waals surface area contributed by atoms with E-state index in [2.05, 4.69) is 37.7 Å². The smallest absolute Gasteiger partial charge is 0.221 e. The second-order valence-electron chi connectivity index (χ2n) is 6.19. The fourth-order valence-electron chi connectivity index (χ4n) is 1.15. The number of hydrogen-bond acceptors (Lipinski definition) is 1. The Bertz CT molecular complexity index is 348. The molecule has 0 aliphatic heterocycles. The Kier molecular flexibility index (Phi) is 7.27. The summed E-state index contributed by atoms with van der Waals surface area (Å²) in [6.45, 7) is 16.6. The Hall–Kier alpha value is 0.274. The highest BCUT2D eigenvalue weighted by Gasteiger charge is 2.33. The second-order valence-corrected chi connectivity index (χ2v) is 16.8. The van der Waals surface area contributed by atoms with Gasteiger partial charge in [0, 0.05) is 6.42 Å². The van der Waals surface area contributed by atoms with Gasteiger partial charge in [0.05, 0.1) is 0 Å². The van der Waals surface area contributed by atoms with Gasteiger partial charge in [0.1, 0.15) is 18.6 Å². The van der Waals surface area contributed by atoms with Crippen LogP contribution in [0.3, 0.4) is 0 Å². The van der Waals surface area contributed by atoms with Crippen LogP contribution in [0.4, 0.5) is 0 Å². The third-order valence-electron chi connectivity index (χ3n) is 2.11. The van der Waals surface area contributed by atoms with E-state index < -0.39 is 20.9 Å². The predicted octanol–water partition coefficient (Wildman–Crippen LogP) is 4.77. The van der Waals surface area contributed by atoms with Crippen LogP contribution in [-0.4, -0.2) is 27.0 Å². The maximum Gasteiger partial charge on any atom is 0.221 e. The molecular weight excluding hydrogens is 299 g/mol. The molecule has 0 aromatic heterocycles. The first kappa shape index (κ1) is 18.3. The molecule has 0 bridgehead atoms. The van der Waals surface area contributed by atoms with E-state index in [9.17, 15) is 0 Å². The fraction of sp³-hybridized carbons (Fsp3) is 0.692. The fourth-order valence-corrected chi connectivity index (χ4v) is 3.03. The van der Waals surface area contributed by atoms with E-state index in [1.807, 2.05) is 20.0 Å². The minimum absolute atomic E-state index is 0.129. The molecule has 0 radical (unpaired) electrons. The van der Waals surface area contributed by atoms with E-state index in [1.54, 1.807) is 0 Å².